The molecule has 0 aliphatic heterocycles. The summed E-state index contributed by atoms with van der Waals surface area (Å²) in [6.45, 7) is 13.3. The van der Waals surface area contributed by atoms with Crippen LogP contribution in [0.5, 0.6) is 0 Å². The van der Waals surface area contributed by atoms with Crippen molar-refractivity contribution in [2.75, 3.05) is 9.80 Å². The molecule has 296 valence electrons. The predicted molar refractivity (Wildman–Crippen MR) is 258 cm³/mol. The largest absolute Gasteiger partial charge is 0.456 e. The highest BCUT2D eigenvalue weighted by molar-refractivity contribution is 6.20. The van der Waals surface area contributed by atoms with Gasteiger partial charge in [-0.1, -0.05) is 98.8 Å². The van der Waals surface area contributed by atoms with Crippen molar-refractivity contribution in [1.82, 2.24) is 0 Å². The van der Waals surface area contributed by atoms with Gasteiger partial charge in [-0.2, -0.15) is 0 Å². The Kier molecular flexibility index (Phi) is 8.54. The molecule has 0 bridgehead atoms. The molecule has 4 nitrogen and oxygen atoms in total. The Morgan fingerprint density at radius 2 is 0.852 bits per heavy atom. The molecule has 0 aliphatic rings. The Balaban J connectivity index is 1.06. The fourth-order valence-corrected chi connectivity index (χ4v) is 9.77. The molecular weight excluding hydrogens is 745 g/mol. The highest BCUT2D eigenvalue weighted by Crippen LogP contribution is 2.47. The Morgan fingerprint density at radius 3 is 1.34 bits per heavy atom. The van der Waals surface area contributed by atoms with Gasteiger partial charge in [0, 0.05) is 49.9 Å². The molecule has 0 spiro atoms. The standard InChI is InChI=1S/C57H46N2O2/c1-34(2)53-54-49-30-40-24-26-46(59(44-21-11-8-12-22-44)56-37(5)17-14-18-38(56)6)28-42(40)32-51(49)60-52(54)33-48-47-29-39-23-25-45(27-41(39)31-50(47)61-57(48)53)58(43-19-9-7-10-20-43)55-35(3)15-13-16-36(55)4/h7-34H,1-6H3. The maximum absolute atomic E-state index is 6.96. The quantitative estimate of drug-likeness (QED) is 0.161. The second-order valence-electron chi connectivity index (χ2n) is 17.0. The zero-order valence-corrected chi connectivity index (χ0v) is 35.4. The van der Waals surface area contributed by atoms with Gasteiger partial charge in [-0.3, -0.25) is 0 Å². The van der Waals surface area contributed by atoms with Crippen LogP contribution in [0.25, 0.3) is 65.4 Å². The van der Waals surface area contributed by atoms with E-state index in [4.69, 9.17) is 8.83 Å². The lowest BCUT2D eigenvalue weighted by Gasteiger charge is -2.29. The number of aryl methyl sites for hydroxylation is 4. The van der Waals surface area contributed by atoms with Crippen LogP contribution >= 0.6 is 0 Å². The van der Waals surface area contributed by atoms with Gasteiger partial charge in [0.05, 0.1) is 11.4 Å². The summed E-state index contributed by atoms with van der Waals surface area (Å²) in [5.41, 5.74) is 16.5. The first kappa shape index (κ1) is 36.8. The van der Waals surface area contributed by atoms with Crippen molar-refractivity contribution in [3.8, 4) is 0 Å². The molecule has 0 saturated carbocycles. The molecule has 0 fully saturated rings. The molecule has 0 atom stereocenters. The summed E-state index contributed by atoms with van der Waals surface area (Å²) in [5.74, 6) is 0.195. The van der Waals surface area contributed by atoms with E-state index in [1.54, 1.807) is 0 Å². The number of hydrogen-bond donors (Lipinski definition) is 0. The Hall–Kier alpha value is -7.30. The summed E-state index contributed by atoms with van der Waals surface area (Å²) in [6.07, 6.45) is 0. The van der Waals surface area contributed by atoms with E-state index in [-0.39, 0.29) is 5.92 Å². The minimum atomic E-state index is 0.195. The summed E-state index contributed by atoms with van der Waals surface area (Å²) in [4.78, 5) is 4.75. The van der Waals surface area contributed by atoms with E-state index in [2.05, 4.69) is 215 Å². The van der Waals surface area contributed by atoms with Crippen molar-refractivity contribution in [2.45, 2.75) is 47.5 Å². The number of benzene rings is 9. The second-order valence-corrected chi connectivity index (χ2v) is 17.0. The van der Waals surface area contributed by atoms with Crippen LogP contribution in [0.1, 0.15) is 47.6 Å². The van der Waals surface area contributed by atoms with Crippen molar-refractivity contribution in [2.24, 2.45) is 0 Å². The fourth-order valence-electron chi connectivity index (χ4n) is 9.77. The maximum atomic E-state index is 6.96. The summed E-state index contributed by atoms with van der Waals surface area (Å²) in [6, 6.07) is 59.1. The van der Waals surface area contributed by atoms with Crippen molar-refractivity contribution < 1.29 is 8.83 Å². The van der Waals surface area contributed by atoms with Gasteiger partial charge >= 0.3 is 0 Å². The van der Waals surface area contributed by atoms with Gasteiger partial charge < -0.3 is 18.6 Å². The maximum Gasteiger partial charge on any atom is 0.139 e. The van der Waals surface area contributed by atoms with Crippen LogP contribution in [0.2, 0.25) is 0 Å². The molecule has 9 aromatic carbocycles. The molecule has 4 heteroatoms. The third kappa shape index (κ3) is 5.96. The molecule has 0 aliphatic carbocycles. The molecule has 0 radical (unpaired) electrons. The van der Waals surface area contributed by atoms with Crippen LogP contribution in [0, 0.1) is 27.7 Å². The van der Waals surface area contributed by atoms with E-state index in [1.807, 2.05) is 0 Å². The van der Waals surface area contributed by atoms with Crippen molar-refractivity contribution in [1.29, 1.82) is 0 Å². The summed E-state index contributed by atoms with van der Waals surface area (Å²) < 4.78 is 13.8. The van der Waals surface area contributed by atoms with Crippen molar-refractivity contribution >= 4 is 99.5 Å². The van der Waals surface area contributed by atoms with Gasteiger partial charge in [-0.25, -0.2) is 0 Å². The summed E-state index contributed by atoms with van der Waals surface area (Å²) in [5, 5.41) is 9.00. The average molecular weight is 791 g/mol. The molecule has 0 saturated heterocycles. The molecule has 2 aromatic heterocycles. The van der Waals surface area contributed by atoms with Crippen LogP contribution < -0.4 is 9.80 Å². The monoisotopic (exact) mass is 790 g/mol. The van der Waals surface area contributed by atoms with E-state index in [0.717, 1.165) is 82.8 Å². The Morgan fingerprint density at radius 1 is 0.377 bits per heavy atom. The molecule has 0 amide bonds. The molecular formula is C57H46N2O2. The first-order valence-corrected chi connectivity index (χ1v) is 21.3. The average Bonchev–Trinajstić information content (AvgIpc) is 3.80. The lowest BCUT2D eigenvalue weighted by atomic mass is 9.93. The molecule has 0 N–H and O–H groups in total. The number of furan rings is 2. The summed E-state index contributed by atoms with van der Waals surface area (Å²) >= 11 is 0. The fraction of sp³-hybridized carbons (Fsp3) is 0.123. The van der Waals surface area contributed by atoms with E-state index in [9.17, 15) is 0 Å². The highest BCUT2D eigenvalue weighted by atomic mass is 16.3. The number of fused-ring (bicyclic) bond motifs is 8. The minimum absolute atomic E-state index is 0.195. The van der Waals surface area contributed by atoms with Crippen LogP contribution in [-0.2, 0) is 0 Å². The third-order valence-corrected chi connectivity index (χ3v) is 12.6. The van der Waals surface area contributed by atoms with E-state index < -0.39 is 0 Å². The minimum Gasteiger partial charge on any atom is -0.456 e. The molecule has 0 unspecified atom stereocenters. The Labute approximate surface area is 355 Å². The smallest absolute Gasteiger partial charge is 0.139 e. The van der Waals surface area contributed by atoms with Crippen LogP contribution in [0.3, 0.4) is 0 Å². The topological polar surface area (TPSA) is 32.8 Å². The van der Waals surface area contributed by atoms with Gasteiger partial charge in [0.2, 0.25) is 0 Å². The van der Waals surface area contributed by atoms with Gasteiger partial charge in [-0.15, -0.1) is 0 Å². The lowest BCUT2D eigenvalue weighted by molar-refractivity contribution is 0.655. The van der Waals surface area contributed by atoms with Gasteiger partial charge in [0.1, 0.15) is 22.3 Å². The van der Waals surface area contributed by atoms with Gasteiger partial charge in [-0.05, 0) is 156 Å². The van der Waals surface area contributed by atoms with Gasteiger partial charge in [0.25, 0.3) is 0 Å². The number of para-hydroxylation sites is 4. The predicted octanol–water partition coefficient (Wildman–Crippen LogP) is 17.1. The highest BCUT2D eigenvalue weighted by Gasteiger charge is 2.24. The molecule has 61 heavy (non-hydrogen) atoms. The number of rotatable bonds is 7. The van der Waals surface area contributed by atoms with E-state index in [0.29, 0.717) is 0 Å². The number of hydrogen-bond acceptors (Lipinski definition) is 4. The SMILES string of the molecule is Cc1cccc(C)c1N(c1ccccc1)c1ccc2cc3c(cc2c1)oc1c(C(C)C)c2c(cc13)oc1cc3cc(N(c4ccccc4)c4c(C)cccc4C)ccc3cc12. The zero-order valence-electron chi connectivity index (χ0n) is 35.4. The van der Waals surface area contributed by atoms with Crippen LogP contribution in [0.15, 0.2) is 173 Å². The lowest BCUT2D eigenvalue weighted by Crippen LogP contribution is -2.12. The van der Waals surface area contributed by atoms with Gasteiger partial charge in [0.15, 0.2) is 0 Å². The molecule has 11 rings (SSSR count). The van der Waals surface area contributed by atoms with Crippen molar-refractivity contribution in [3.63, 3.8) is 0 Å². The second kappa shape index (κ2) is 14.2. The molecule has 2 heterocycles. The van der Waals surface area contributed by atoms with Crippen LogP contribution in [0.4, 0.5) is 34.1 Å². The number of nitrogens with zero attached hydrogens (tertiary/aromatic N) is 2. The zero-order chi connectivity index (χ0) is 41.5. The first-order chi connectivity index (χ1) is 29.7. The first-order valence-electron chi connectivity index (χ1n) is 21.3. The van der Waals surface area contributed by atoms with Crippen molar-refractivity contribution in [3.05, 3.63) is 192 Å². The molecule has 11 aromatic rings. The van der Waals surface area contributed by atoms with Crippen LogP contribution in [-0.4, -0.2) is 0 Å². The third-order valence-electron chi connectivity index (χ3n) is 12.6. The normalized spacial score (nSPS) is 11.9. The number of anilines is 6. The van der Waals surface area contributed by atoms with E-state index in [1.165, 1.54) is 44.6 Å². The summed E-state index contributed by atoms with van der Waals surface area (Å²) in [7, 11) is 0. The Bertz CT molecular complexity index is 3350. The van der Waals surface area contributed by atoms with E-state index >= 15 is 0 Å².